The number of amides is 10. The molecule has 0 aromatic heterocycles. The van der Waals surface area contributed by atoms with Gasteiger partial charge in [0.25, 0.3) is 0 Å². The van der Waals surface area contributed by atoms with Crippen molar-refractivity contribution in [2.75, 3.05) is 132 Å². The number of rotatable bonds is 57. The number of esters is 2. The van der Waals surface area contributed by atoms with Crippen molar-refractivity contribution in [2.24, 2.45) is 23.2 Å². The van der Waals surface area contributed by atoms with E-state index in [1.807, 2.05) is 20.8 Å². The molecule has 1 saturated carbocycles. The van der Waals surface area contributed by atoms with Crippen LogP contribution in [0.3, 0.4) is 0 Å². The Labute approximate surface area is 735 Å². The van der Waals surface area contributed by atoms with Crippen LogP contribution in [0.2, 0.25) is 0 Å². The lowest BCUT2D eigenvalue weighted by Crippen LogP contribution is -2.72. The first-order chi connectivity index (χ1) is 60.3. The van der Waals surface area contributed by atoms with Crippen LogP contribution in [-0.4, -0.2) is 336 Å². The van der Waals surface area contributed by atoms with Crippen molar-refractivity contribution >= 4 is 71.0 Å². The van der Waals surface area contributed by atoms with Gasteiger partial charge in [0.2, 0.25) is 59.1 Å². The van der Waals surface area contributed by atoms with Crippen molar-refractivity contribution in [3.63, 3.8) is 0 Å². The second kappa shape index (κ2) is 51.9. The van der Waals surface area contributed by atoms with Crippen LogP contribution in [0.5, 0.6) is 0 Å². The van der Waals surface area contributed by atoms with E-state index in [-0.39, 0.29) is 229 Å². The van der Waals surface area contributed by atoms with Gasteiger partial charge in [0.05, 0.1) is 103 Å². The topological polar surface area (TPSA) is 570 Å². The molecule has 5 saturated heterocycles. The highest BCUT2D eigenvalue weighted by Crippen LogP contribution is 2.73. The monoisotopic (exact) mass is 1800 g/mol. The number of ether oxygens (including phenoxy) is 13. The lowest BCUT2D eigenvalue weighted by Gasteiger charge is -2.60. The fraction of sp³-hybridized carbons (Fsp3) is 0.835. The molecule has 6 fully saturated rings. The average Bonchev–Trinajstić information content (AvgIpc) is 1.47. The Morgan fingerprint density at radius 2 is 0.992 bits per heavy atom. The summed E-state index contributed by atoms with van der Waals surface area (Å²) in [6.45, 7) is 11.5. The van der Waals surface area contributed by atoms with Gasteiger partial charge in [-0.2, -0.15) is 0 Å². The molecule has 716 valence electrons. The third-order valence-electron chi connectivity index (χ3n) is 24.6. The predicted octanol–water partition coefficient (Wildman–Crippen LogP) is -2.03. The predicted molar refractivity (Wildman–Crippen MR) is 443 cm³/mol. The number of hydrogen-bond acceptors (Lipinski definition) is 31. The van der Waals surface area contributed by atoms with E-state index in [4.69, 9.17) is 61.6 Å². The molecule has 0 aromatic rings. The Kier molecular flexibility index (Phi) is 42.9. The highest BCUT2D eigenvalue weighted by atomic mass is 16.7. The average molecular weight is 1800 g/mol. The zero-order valence-corrected chi connectivity index (χ0v) is 74.1. The molecule has 126 heavy (non-hydrogen) atoms. The van der Waals surface area contributed by atoms with Crippen LogP contribution < -0.4 is 53.2 Å². The maximum Gasteiger partial charge on any atom is 0.334 e. The van der Waals surface area contributed by atoms with Crippen molar-refractivity contribution in [1.82, 2.24) is 53.2 Å². The van der Waals surface area contributed by atoms with Gasteiger partial charge in [0.15, 0.2) is 18.9 Å². The lowest BCUT2D eigenvalue weighted by atomic mass is 9.49. The van der Waals surface area contributed by atoms with Crippen molar-refractivity contribution in [2.45, 2.75) is 299 Å². The van der Waals surface area contributed by atoms with Crippen molar-refractivity contribution in [1.29, 1.82) is 0 Å². The van der Waals surface area contributed by atoms with Gasteiger partial charge in [-0.3, -0.25) is 52.7 Å². The van der Waals surface area contributed by atoms with Crippen molar-refractivity contribution < 1.29 is 150 Å². The van der Waals surface area contributed by atoms with E-state index < -0.39 is 157 Å². The van der Waals surface area contributed by atoms with Crippen LogP contribution in [0.15, 0.2) is 11.1 Å². The molecule has 8 aliphatic rings. The van der Waals surface area contributed by atoms with Crippen LogP contribution in [-0.2, 0) is 119 Å². The summed E-state index contributed by atoms with van der Waals surface area (Å²) in [6.07, 6.45) is -4.07. The normalized spacial score (nSPS) is 29.4. The van der Waals surface area contributed by atoms with Crippen molar-refractivity contribution in [3.8, 4) is 0 Å². The summed E-state index contributed by atoms with van der Waals surface area (Å²) < 4.78 is 78.8. The van der Waals surface area contributed by atoms with E-state index in [9.17, 15) is 88.2 Å². The van der Waals surface area contributed by atoms with E-state index in [2.05, 4.69) is 60.1 Å². The zero-order valence-electron chi connectivity index (χ0n) is 74.1. The molecule has 0 radical (unpaired) electrons. The highest BCUT2D eigenvalue weighted by molar-refractivity contribution is 5.92. The fourth-order valence-electron chi connectivity index (χ4n) is 17.8. The smallest absolute Gasteiger partial charge is 0.334 e. The Hall–Kier alpha value is -7.30. The number of fused-ring (bicyclic) bond motifs is 2. The van der Waals surface area contributed by atoms with Gasteiger partial charge >= 0.3 is 11.9 Å². The Balaban J connectivity index is 0.846. The first kappa shape index (κ1) is 104. The molecule has 1 spiro atoms. The molecule has 41 nitrogen and oxygen atoms in total. The Morgan fingerprint density at radius 3 is 1.48 bits per heavy atom. The number of nitrogens with one attached hydrogen (secondary N) is 10. The standard InChI is InChI=1S/C85H140N10O31/c1-51(2)57-41-65-85(126-65)82(6)28-24-56-58(46-120-78(56)113)59(82)47-121-83(85,7)77(57)125-73(110)23-22-72(109)95-84(48-114-38-25-69(106)89-32-14-29-86-66(103)17-8-11-35-117-79-60(92-52(3)99)21-20-55(43-96)122-79,49-115-39-26-70(107)90-33-15-30-87-67(104)18-9-12-36-118-80-61(93-53(4)100)42-62(102)63(44-97)123-80)50-116-40-27-71(108)91-34-16-31-88-68(105)19-10-13-37-119-81-74(94-54(5)101)76(112)75(111)64(45-98)124-81/h51,55,57,59-65,74-77,79-81,96-98,102,111-112H,8-50H2,1-7H3,(H,86,103)(H,87,104)(H,88,105)(H,89,106)(H,90,107)(H,91,108)(H,92,99)(H,93,100)(H,94,101)(H,95,109)/t55-,57?,59?,60+,61+,62+,63+,64+,65-,74+,75-,76+,77+,79+,80+,81+,82-,83+,84?,85+/m0/s1. The second-order valence-electron chi connectivity index (χ2n) is 34.7. The minimum atomic E-state index is -1.61. The van der Waals surface area contributed by atoms with Gasteiger partial charge in [-0.25, -0.2) is 4.79 Å². The second-order valence-corrected chi connectivity index (χ2v) is 34.7. The maximum absolute atomic E-state index is 14.6. The Bertz CT molecular complexity index is 3580. The minimum Gasteiger partial charge on any atom is -0.459 e. The SMILES string of the molecule is CC(=O)N[C@H]1[C@H](OCCCCC(=O)NCCCNC(=O)CCOCC(COCCC(=O)NCCCNC(=O)CCCCO[C@@H]2O[C@H](CO)CC[C@H]2NC(C)=O)(COCCC(=O)NCCCNC(=O)CCCCO[C@@H]2O[C@H](CO)[C@H](O)C[C@H]2NC(C)=O)NC(=O)CCC(=O)O[C@@H]2C(C(C)C)C[C@@H]3O[C@@]34[C@@]3(C)CCC5=C(COC5=O)C3CO[C@]24C)O[C@H](CO)[C@H](O)[C@@H]1O. The van der Waals surface area contributed by atoms with E-state index in [0.717, 1.165) is 5.57 Å². The van der Waals surface area contributed by atoms with Gasteiger partial charge in [-0.05, 0) is 108 Å². The molecule has 0 aromatic carbocycles. The molecule has 8 rings (SSSR count). The lowest BCUT2D eigenvalue weighted by molar-refractivity contribution is -0.270. The van der Waals surface area contributed by atoms with Crippen LogP contribution in [0.4, 0.5) is 0 Å². The molecule has 2 aliphatic carbocycles. The minimum absolute atomic E-state index is 0.0147. The number of cyclic esters (lactones) is 1. The van der Waals surface area contributed by atoms with Crippen LogP contribution in [0.1, 0.15) is 196 Å². The number of hydrogen-bond donors (Lipinski definition) is 16. The van der Waals surface area contributed by atoms with Gasteiger partial charge in [0, 0.05) is 154 Å². The summed E-state index contributed by atoms with van der Waals surface area (Å²) in [5.74, 6) is -4.96. The summed E-state index contributed by atoms with van der Waals surface area (Å²) in [6, 6.07) is -2.10. The number of aliphatic hydroxyl groups is 6. The first-order valence-electron chi connectivity index (χ1n) is 44.8. The molecule has 6 aliphatic heterocycles. The Morgan fingerprint density at radius 1 is 0.516 bits per heavy atom. The molecule has 20 atom stereocenters. The van der Waals surface area contributed by atoms with Gasteiger partial charge in [0.1, 0.15) is 59.9 Å². The quantitative estimate of drug-likeness (QED) is 0.0177. The van der Waals surface area contributed by atoms with Gasteiger partial charge in [-0.1, -0.05) is 20.8 Å². The number of unbranched alkanes of at least 4 members (excludes halogenated alkanes) is 3. The molecule has 0 bridgehead atoms. The van der Waals surface area contributed by atoms with Crippen LogP contribution in [0, 0.1) is 23.2 Å². The summed E-state index contributed by atoms with van der Waals surface area (Å²) >= 11 is 0. The van der Waals surface area contributed by atoms with E-state index in [0.29, 0.717) is 95.5 Å². The maximum atomic E-state index is 14.6. The van der Waals surface area contributed by atoms with Gasteiger partial charge < -0.3 is 145 Å². The molecular weight excluding hydrogens is 1660 g/mol. The molecular formula is C85H140N10O31. The van der Waals surface area contributed by atoms with Crippen LogP contribution in [0.25, 0.3) is 0 Å². The summed E-state index contributed by atoms with van der Waals surface area (Å²) in [5.41, 5.74) is -2.47. The molecule has 3 unspecified atom stereocenters. The zero-order chi connectivity index (χ0) is 91.6. The molecule has 16 N–H and O–H groups in total. The van der Waals surface area contributed by atoms with E-state index in [1.165, 1.54) is 20.8 Å². The van der Waals surface area contributed by atoms with E-state index >= 15 is 0 Å². The largest absolute Gasteiger partial charge is 0.459 e. The summed E-state index contributed by atoms with van der Waals surface area (Å²) in [7, 11) is 0. The number of carbonyl (C=O) groups excluding carboxylic acids is 12. The molecule has 41 heteroatoms. The molecule has 6 heterocycles. The van der Waals surface area contributed by atoms with Crippen LogP contribution >= 0.6 is 0 Å². The van der Waals surface area contributed by atoms with Crippen molar-refractivity contribution in [3.05, 3.63) is 11.1 Å². The fourth-order valence-corrected chi connectivity index (χ4v) is 17.8. The number of carbonyl (C=O) groups is 12. The number of epoxide rings is 1. The summed E-state index contributed by atoms with van der Waals surface area (Å²) in [4.78, 5) is 155. The number of aliphatic hydroxyl groups excluding tert-OH is 6. The summed E-state index contributed by atoms with van der Waals surface area (Å²) in [5, 5.41) is 87.9. The van der Waals surface area contributed by atoms with E-state index in [1.54, 1.807) is 0 Å². The van der Waals surface area contributed by atoms with Gasteiger partial charge in [-0.15, -0.1) is 0 Å². The highest BCUT2D eigenvalue weighted by Gasteiger charge is 2.84. The molecule has 10 amide bonds. The third-order valence-corrected chi connectivity index (χ3v) is 24.6. The first-order valence-corrected chi connectivity index (χ1v) is 44.8. The third kappa shape index (κ3) is 30.7.